The first-order valence-electron chi connectivity index (χ1n) is 9.16. The van der Waals surface area contributed by atoms with Crippen molar-refractivity contribution in [3.05, 3.63) is 17.6 Å². The number of aliphatic carboxylic acids is 1. The summed E-state index contributed by atoms with van der Waals surface area (Å²) in [6.45, 7) is 4.43. The number of aryl methyl sites for hydroxylation is 1. The Morgan fingerprint density at radius 1 is 1.36 bits per heavy atom. The van der Waals surface area contributed by atoms with Crippen LogP contribution in [0.15, 0.2) is 6.33 Å². The molecule has 2 aliphatic heterocycles. The van der Waals surface area contributed by atoms with Gasteiger partial charge in [0.2, 0.25) is 0 Å². The van der Waals surface area contributed by atoms with Crippen LogP contribution in [0.25, 0.3) is 0 Å². The molecule has 1 N–H and O–H groups in total. The van der Waals surface area contributed by atoms with Crippen LogP contribution in [0.5, 0.6) is 0 Å². The highest BCUT2D eigenvalue weighted by molar-refractivity contribution is 5.78. The van der Waals surface area contributed by atoms with Crippen molar-refractivity contribution in [1.82, 2.24) is 14.9 Å². The van der Waals surface area contributed by atoms with E-state index in [1.54, 1.807) is 13.4 Å². The number of methoxy groups -OCH3 is 1. The van der Waals surface area contributed by atoms with Crippen LogP contribution in [0, 0.1) is 11.3 Å². The van der Waals surface area contributed by atoms with Crippen LogP contribution in [0.4, 0.5) is 5.82 Å². The van der Waals surface area contributed by atoms with Crippen molar-refractivity contribution >= 4 is 11.8 Å². The molecule has 136 valence electrons. The highest BCUT2D eigenvalue weighted by Crippen LogP contribution is 2.45. The van der Waals surface area contributed by atoms with E-state index in [-0.39, 0.29) is 5.92 Å². The molecule has 0 radical (unpaired) electrons. The zero-order chi connectivity index (χ0) is 17.4. The minimum atomic E-state index is -0.677. The Morgan fingerprint density at radius 3 is 3.00 bits per heavy atom. The molecule has 0 unspecified atom stereocenters. The minimum Gasteiger partial charge on any atom is -0.481 e. The van der Waals surface area contributed by atoms with Gasteiger partial charge in [0.15, 0.2) is 0 Å². The van der Waals surface area contributed by atoms with Gasteiger partial charge in [-0.1, -0.05) is 0 Å². The zero-order valence-corrected chi connectivity index (χ0v) is 14.8. The Labute approximate surface area is 148 Å². The van der Waals surface area contributed by atoms with Crippen LogP contribution in [-0.4, -0.2) is 72.4 Å². The maximum atomic E-state index is 12.2. The summed E-state index contributed by atoms with van der Waals surface area (Å²) in [6, 6.07) is 0. The number of hydrogen-bond acceptors (Lipinski definition) is 6. The second-order valence-corrected chi connectivity index (χ2v) is 7.60. The predicted octanol–water partition coefficient (Wildman–Crippen LogP) is 0.825. The molecule has 3 aliphatic rings. The number of aromatic nitrogens is 2. The number of carbonyl (C=O) groups is 1. The number of hydrogen-bond donors (Lipinski definition) is 1. The van der Waals surface area contributed by atoms with E-state index in [1.165, 1.54) is 5.56 Å². The fraction of sp³-hybridized carbons (Fsp3) is 0.722. The summed E-state index contributed by atoms with van der Waals surface area (Å²) in [4.78, 5) is 25.6. The van der Waals surface area contributed by atoms with Crippen molar-refractivity contribution in [1.29, 1.82) is 0 Å². The predicted molar refractivity (Wildman–Crippen MR) is 92.8 cm³/mol. The topological polar surface area (TPSA) is 78.8 Å². The molecule has 1 aromatic rings. The summed E-state index contributed by atoms with van der Waals surface area (Å²) in [6.07, 6.45) is 5.73. The Bertz CT molecular complexity index is 668. The number of anilines is 1. The molecule has 25 heavy (non-hydrogen) atoms. The highest BCUT2D eigenvalue weighted by atomic mass is 16.5. The van der Waals surface area contributed by atoms with E-state index in [0.717, 1.165) is 63.4 Å². The lowest BCUT2D eigenvalue weighted by atomic mass is 9.81. The molecule has 0 bridgehead atoms. The average molecular weight is 346 g/mol. The number of carboxylic acid groups (broad SMARTS) is 1. The minimum absolute atomic E-state index is 0.152. The van der Waals surface area contributed by atoms with Crippen LogP contribution in [-0.2, 0) is 22.4 Å². The van der Waals surface area contributed by atoms with Gasteiger partial charge in [-0.3, -0.25) is 4.79 Å². The lowest BCUT2D eigenvalue weighted by Crippen LogP contribution is -2.41. The second kappa shape index (κ2) is 6.53. The van der Waals surface area contributed by atoms with Crippen molar-refractivity contribution in [2.75, 3.05) is 51.3 Å². The normalized spacial score (nSPS) is 28.4. The van der Waals surface area contributed by atoms with Crippen LogP contribution in [0.1, 0.15) is 24.1 Å². The second-order valence-electron chi connectivity index (χ2n) is 7.60. The van der Waals surface area contributed by atoms with E-state index in [2.05, 4.69) is 19.8 Å². The van der Waals surface area contributed by atoms with Crippen LogP contribution >= 0.6 is 0 Å². The molecule has 4 rings (SSSR count). The van der Waals surface area contributed by atoms with Crippen LogP contribution in [0.2, 0.25) is 0 Å². The van der Waals surface area contributed by atoms with Gasteiger partial charge in [-0.15, -0.1) is 0 Å². The summed E-state index contributed by atoms with van der Waals surface area (Å²) < 4.78 is 5.12. The number of likely N-dealkylation sites (tertiary alicyclic amines) is 1. The standard InChI is InChI=1S/C18H26N4O3/c1-25-7-3-6-21-8-13-9-22(11-18(13,10-21)17(23)24)16-14-4-2-5-15(14)19-12-20-16/h12-13H,2-11H2,1H3,(H,23,24)/t13-,18-/m0/s1. The SMILES string of the molecule is COCCCN1C[C@H]2CN(c3ncnc4c3CCC4)C[C@@]2(C(=O)O)C1. The van der Waals surface area contributed by atoms with Crippen molar-refractivity contribution in [2.24, 2.45) is 11.3 Å². The molecular weight excluding hydrogens is 320 g/mol. The molecule has 0 saturated carbocycles. The Balaban J connectivity index is 1.52. The van der Waals surface area contributed by atoms with Gasteiger partial charge in [0.05, 0.1) is 0 Å². The Hall–Kier alpha value is -1.73. The Morgan fingerprint density at radius 2 is 2.24 bits per heavy atom. The number of ether oxygens (including phenoxy) is 1. The number of rotatable bonds is 6. The van der Waals surface area contributed by atoms with Crippen molar-refractivity contribution < 1.29 is 14.6 Å². The smallest absolute Gasteiger partial charge is 0.313 e. The van der Waals surface area contributed by atoms with Gasteiger partial charge >= 0.3 is 5.97 Å². The van der Waals surface area contributed by atoms with Gasteiger partial charge in [-0.25, -0.2) is 9.97 Å². The van der Waals surface area contributed by atoms with Gasteiger partial charge < -0.3 is 19.6 Å². The summed E-state index contributed by atoms with van der Waals surface area (Å²) in [5, 5.41) is 10.0. The molecule has 0 spiro atoms. The van der Waals surface area contributed by atoms with E-state index in [0.29, 0.717) is 13.1 Å². The fourth-order valence-electron chi connectivity index (χ4n) is 4.85. The van der Waals surface area contributed by atoms with E-state index >= 15 is 0 Å². The molecule has 2 saturated heterocycles. The maximum absolute atomic E-state index is 12.2. The number of nitrogens with zero attached hydrogens (tertiary/aromatic N) is 4. The molecular formula is C18H26N4O3. The fourth-order valence-corrected chi connectivity index (χ4v) is 4.85. The van der Waals surface area contributed by atoms with Crippen molar-refractivity contribution in [3.8, 4) is 0 Å². The van der Waals surface area contributed by atoms with Crippen LogP contribution in [0.3, 0.4) is 0 Å². The van der Waals surface area contributed by atoms with Crippen LogP contribution < -0.4 is 4.90 Å². The summed E-state index contributed by atoms with van der Waals surface area (Å²) in [5.41, 5.74) is 1.70. The number of carboxylic acids is 1. The third kappa shape index (κ3) is 2.79. The molecule has 7 nitrogen and oxygen atoms in total. The van der Waals surface area contributed by atoms with Crippen molar-refractivity contribution in [2.45, 2.75) is 25.7 Å². The molecule has 7 heteroatoms. The monoisotopic (exact) mass is 346 g/mol. The first-order chi connectivity index (χ1) is 12.1. The van der Waals surface area contributed by atoms with Crippen molar-refractivity contribution in [3.63, 3.8) is 0 Å². The summed E-state index contributed by atoms with van der Waals surface area (Å²) in [5.74, 6) is 0.461. The largest absolute Gasteiger partial charge is 0.481 e. The first kappa shape index (κ1) is 16.7. The van der Waals surface area contributed by atoms with Gasteiger partial charge in [-0.2, -0.15) is 0 Å². The third-order valence-electron chi connectivity index (χ3n) is 6.08. The summed E-state index contributed by atoms with van der Waals surface area (Å²) in [7, 11) is 1.70. The quantitative estimate of drug-likeness (QED) is 0.764. The van der Waals surface area contributed by atoms with Gasteiger partial charge in [0.1, 0.15) is 17.6 Å². The van der Waals surface area contributed by atoms with E-state index in [9.17, 15) is 9.90 Å². The first-order valence-corrected chi connectivity index (χ1v) is 9.16. The maximum Gasteiger partial charge on any atom is 0.313 e. The number of fused-ring (bicyclic) bond motifs is 2. The molecule has 2 fully saturated rings. The average Bonchev–Trinajstić information content (AvgIpc) is 3.26. The lowest BCUT2D eigenvalue weighted by Gasteiger charge is -2.26. The molecule has 2 atom stereocenters. The van der Waals surface area contributed by atoms with E-state index in [4.69, 9.17) is 4.74 Å². The molecule has 1 aromatic heterocycles. The Kier molecular flexibility index (Phi) is 4.37. The molecule has 0 aromatic carbocycles. The lowest BCUT2D eigenvalue weighted by molar-refractivity contribution is -0.148. The summed E-state index contributed by atoms with van der Waals surface area (Å²) >= 11 is 0. The van der Waals surface area contributed by atoms with Gasteiger partial charge in [0.25, 0.3) is 0 Å². The van der Waals surface area contributed by atoms with Gasteiger partial charge in [-0.05, 0) is 25.7 Å². The zero-order valence-electron chi connectivity index (χ0n) is 14.8. The molecule has 1 aliphatic carbocycles. The van der Waals surface area contributed by atoms with E-state index in [1.807, 2.05) is 0 Å². The third-order valence-corrected chi connectivity index (χ3v) is 6.08. The molecule has 3 heterocycles. The van der Waals surface area contributed by atoms with Gasteiger partial charge in [0, 0.05) is 63.6 Å². The van der Waals surface area contributed by atoms with E-state index < -0.39 is 11.4 Å². The molecule has 0 amide bonds. The highest BCUT2D eigenvalue weighted by Gasteiger charge is 2.57.